The first-order valence-corrected chi connectivity index (χ1v) is 4.48. The summed E-state index contributed by atoms with van der Waals surface area (Å²) in [6.07, 6.45) is 10.8. The first-order chi connectivity index (χ1) is 4.87. The van der Waals surface area contributed by atoms with Crippen molar-refractivity contribution in [3.8, 4) is 0 Å². The summed E-state index contributed by atoms with van der Waals surface area (Å²) in [6.45, 7) is 3.77. The van der Waals surface area contributed by atoms with Gasteiger partial charge < -0.3 is 0 Å². The fourth-order valence-corrected chi connectivity index (χ4v) is 2.11. The topological polar surface area (TPSA) is 0 Å². The Balaban J connectivity index is 1.82. The SMILES string of the molecule is C=CCCC1(C2CC2)CC1. The van der Waals surface area contributed by atoms with Crippen LogP contribution in [-0.2, 0) is 0 Å². The van der Waals surface area contributed by atoms with Gasteiger partial charge in [-0.1, -0.05) is 6.08 Å². The first-order valence-electron chi connectivity index (χ1n) is 4.48. The Hall–Kier alpha value is -0.260. The Kier molecular flexibility index (Phi) is 1.36. The molecule has 0 amide bonds. The van der Waals surface area contributed by atoms with Crippen molar-refractivity contribution in [2.45, 2.75) is 38.5 Å². The first kappa shape index (κ1) is 6.45. The highest BCUT2D eigenvalue weighted by molar-refractivity contribution is 5.04. The molecule has 0 radical (unpaired) electrons. The molecule has 0 heteroatoms. The van der Waals surface area contributed by atoms with E-state index in [1.807, 2.05) is 0 Å². The standard InChI is InChI=1S/C10H16/c1-2-3-6-10(7-8-10)9-4-5-9/h2,9H,1,3-8H2. The van der Waals surface area contributed by atoms with Gasteiger partial charge in [0, 0.05) is 0 Å². The molecule has 2 fully saturated rings. The summed E-state index contributed by atoms with van der Waals surface area (Å²) in [6, 6.07) is 0. The zero-order valence-corrected chi connectivity index (χ0v) is 6.60. The lowest BCUT2D eigenvalue weighted by Crippen LogP contribution is -2.01. The van der Waals surface area contributed by atoms with E-state index in [-0.39, 0.29) is 0 Å². The molecule has 0 spiro atoms. The van der Waals surface area contributed by atoms with Crippen molar-refractivity contribution in [1.82, 2.24) is 0 Å². The highest BCUT2D eigenvalue weighted by Crippen LogP contribution is 2.63. The minimum absolute atomic E-state index is 0.841. The van der Waals surface area contributed by atoms with Gasteiger partial charge in [0.2, 0.25) is 0 Å². The molecule has 0 aromatic rings. The van der Waals surface area contributed by atoms with Gasteiger partial charge in [-0.05, 0) is 49.9 Å². The van der Waals surface area contributed by atoms with Crippen LogP contribution in [0, 0.1) is 11.3 Å². The second-order valence-corrected chi connectivity index (χ2v) is 3.96. The molecular weight excluding hydrogens is 120 g/mol. The molecule has 2 aliphatic rings. The van der Waals surface area contributed by atoms with Gasteiger partial charge in [-0.2, -0.15) is 0 Å². The van der Waals surface area contributed by atoms with Crippen LogP contribution in [-0.4, -0.2) is 0 Å². The molecule has 0 bridgehead atoms. The minimum atomic E-state index is 0.841. The van der Waals surface area contributed by atoms with Crippen LogP contribution in [0.3, 0.4) is 0 Å². The Labute approximate surface area is 63.3 Å². The van der Waals surface area contributed by atoms with Crippen LogP contribution in [0.1, 0.15) is 38.5 Å². The van der Waals surface area contributed by atoms with Crippen molar-refractivity contribution in [1.29, 1.82) is 0 Å². The fourth-order valence-electron chi connectivity index (χ4n) is 2.11. The van der Waals surface area contributed by atoms with Gasteiger partial charge in [-0.15, -0.1) is 6.58 Å². The lowest BCUT2D eigenvalue weighted by molar-refractivity contribution is 0.408. The number of hydrogen-bond acceptors (Lipinski definition) is 0. The summed E-state index contributed by atoms with van der Waals surface area (Å²) in [5, 5.41) is 0. The molecule has 0 N–H and O–H groups in total. The summed E-state index contributed by atoms with van der Waals surface area (Å²) < 4.78 is 0. The monoisotopic (exact) mass is 136 g/mol. The molecule has 0 atom stereocenters. The van der Waals surface area contributed by atoms with Gasteiger partial charge in [0.15, 0.2) is 0 Å². The van der Waals surface area contributed by atoms with Crippen LogP contribution in [0.4, 0.5) is 0 Å². The predicted octanol–water partition coefficient (Wildman–Crippen LogP) is 3.14. The lowest BCUT2D eigenvalue weighted by Gasteiger charge is -2.10. The molecule has 0 nitrogen and oxygen atoms in total. The van der Waals surface area contributed by atoms with Crippen LogP contribution < -0.4 is 0 Å². The van der Waals surface area contributed by atoms with E-state index >= 15 is 0 Å². The van der Waals surface area contributed by atoms with Crippen LogP contribution in [0.5, 0.6) is 0 Å². The third-order valence-electron chi connectivity index (χ3n) is 3.18. The van der Waals surface area contributed by atoms with Crippen LogP contribution >= 0.6 is 0 Å². The second-order valence-electron chi connectivity index (χ2n) is 3.96. The van der Waals surface area contributed by atoms with Crippen LogP contribution in [0.15, 0.2) is 12.7 Å². The smallest absolute Gasteiger partial charge is 0.0266 e. The average Bonchev–Trinajstić information content (AvgIpc) is 2.76. The maximum atomic E-state index is 3.77. The van der Waals surface area contributed by atoms with Gasteiger partial charge in [0.25, 0.3) is 0 Å². The number of allylic oxidation sites excluding steroid dienone is 1. The van der Waals surface area contributed by atoms with E-state index in [2.05, 4.69) is 12.7 Å². The van der Waals surface area contributed by atoms with E-state index in [0.29, 0.717) is 0 Å². The summed E-state index contributed by atoms with van der Waals surface area (Å²) in [5.41, 5.74) is 0.841. The molecule has 0 saturated heterocycles. The fraction of sp³-hybridized carbons (Fsp3) is 0.800. The van der Waals surface area contributed by atoms with Gasteiger partial charge in [-0.3, -0.25) is 0 Å². The van der Waals surface area contributed by atoms with Crippen LogP contribution in [0.25, 0.3) is 0 Å². The Morgan fingerprint density at radius 1 is 1.40 bits per heavy atom. The van der Waals surface area contributed by atoms with Crippen molar-refractivity contribution >= 4 is 0 Å². The molecule has 0 aromatic heterocycles. The molecule has 2 rings (SSSR count). The van der Waals surface area contributed by atoms with E-state index in [1.54, 1.807) is 0 Å². The van der Waals surface area contributed by atoms with Crippen molar-refractivity contribution in [2.24, 2.45) is 11.3 Å². The zero-order chi connectivity index (χ0) is 7.03. The van der Waals surface area contributed by atoms with E-state index < -0.39 is 0 Å². The molecular formula is C10H16. The average molecular weight is 136 g/mol. The van der Waals surface area contributed by atoms with Gasteiger partial charge >= 0.3 is 0 Å². The van der Waals surface area contributed by atoms with Gasteiger partial charge in [-0.25, -0.2) is 0 Å². The molecule has 2 saturated carbocycles. The third kappa shape index (κ3) is 1.00. The summed E-state index contributed by atoms with van der Waals surface area (Å²) >= 11 is 0. The predicted molar refractivity (Wildman–Crippen MR) is 43.8 cm³/mol. The molecule has 0 unspecified atom stereocenters. The Morgan fingerprint density at radius 2 is 2.10 bits per heavy atom. The molecule has 0 aromatic carbocycles. The zero-order valence-electron chi connectivity index (χ0n) is 6.60. The quantitative estimate of drug-likeness (QED) is 0.521. The van der Waals surface area contributed by atoms with Gasteiger partial charge in [0.05, 0.1) is 0 Å². The number of rotatable bonds is 4. The molecule has 0 heterocycles. The Bertz CT molecular complexity index is 138. The maximum Gasteiger partial charge on any atom is -0.0266 e. The van der Waals surface area contributed by atoms with Crippen molar-refractivity contribution < 1.29 is 0 Å². The van der Waals surface area contributed by atoms with E-state index in [4.69, 9.17) is 0 Å². The van der Waals surface area contributed by atoms with E-state index in [9.17, 15) is 0 Å². The summed E-state index contributed by atoms with van der Waals surface area (Å²) in [5.74, 6) is 1.13. The lowest BCUT2D eigenvalue weighted by atomic mass is 9.94. The Morgan fingerprint density at radius 3 is 2.50 bits per heavy atom. The second kappa shape index (κ2) is 2.11. The van der Waals surface area contributed by atoms with Crippen molar-refractivity contribution in [3.05, 3.63) is 12.7 Å². The minimum Gasteiger partial charge on any atom is -0.103 e. The third-order valence-corrected chi connectivity index (χ3v) is 3.18. The highest BCUT2D eigenvalue weighted by Gasteiger charge is 2.52. The van der Waals surface area contributed by atoms with Crippen LogP contribution in [0.2, 0.25) is 0 Å². The van der Waals surface area contributed by atoms with Crippen molar-refractivity contribution in [3.63, 3.8) is 0 Å². The largest absolute Gasteiger partial charge is 0.103 e. The maximum absolute atomic E-state index is 3.77. The van der Waals surface area contributed by atoms with Crippen molar-refractivity contribution in [2.75, 3.05) is 0 Å². The summed E-state index contributed by atoms with van der Waals surface area (Å²) in [7, 11) is 0. The number of hydrogen-bond donors (Lipinski definition) is 0. The molecule has 2 aliphatic carbocycles. The molecule has 10 heavy (non-hydrogen) atoms. The highest BCUT2D eigenvalue weighted by atomic mass is 14.6. The van der Waals surface area contributed by atoms with Gasteiger partial charge in [0.1, 0.15) is 0 Å². The van der Waals surface area contributed by atoms with E-state index in [0.717, 1.165) is 11.3 Å². The van der Waals surface area contributed by atoms with E-state index in [1.165, 1.54) is 38.5 Å². The normalized spacial score (nSPS) is 28.0. The summed E-state index contributed by atoms with van der Waals surface area (Å²) in [4.78, 5) is 0. The molecule has 56 valence electrons. The molecule has 0 aliphatic heterocycles.